The van der Waals surface area contributed by atoms with E-state index in [1.807, 2.05) is 42.5 Å². The van der Waals surface area contributed by atoms with Gasteiger partial charge >= 0.3 is 0 Å². The van der Waals surface area contributed by atoms with Crippen LogP contribution in [-0.4, -0.2) is 10.8 Å². The summed E-state index contributed by atoms with van der Waals surface area (Å²) in [5.74, 6) is 1.40. The number of carbonyl (C=O) groups excluding carboxylic acids is 1. The minimum absolute atomic E-state index is 0.111. The summed E-state index contributed by atoms with van der Waals surface area (Å²) < 4.78 is 12.2. The van der Waals surface area contributed by atoms with Crippen molar-refractivity contribution in [1.82, 2.24) is 4.98 Å². The zero-order valence-electron chi connectivity index (χ0n) is 17.3. The maximum atomic E-state index is 13.3. The first-order chi connectivity index (χ1) is 16.1. The van der Waals surface area contributed by atoms with Gasteiger partial charge in [0.15, 0.2) is 0 Å². The lowest BCUT2D eigenvalue weighted by molar-refractivity contribution is 0.104. The number of anilines is 1. The molecule has 33 heavy (non-hydrogen) atoms. The Labute approximate surface area is 201 Å². The number of nitrogen functional groups attached to an aromatic ring is 1. The summed E-state index contributed by atoms with van der Waals surface area (Å²) in [5, 5.41) is 0.786. The van der Waals surface area contributed by atoms with Crippen molar-refractivity contribution >= 4 is 60.6 Å². The van der Waals surface area contributed by atoms with Crippen LogP contribution in [0.4, 0.5) is 5.69 Å². The van der Waals surface area contributed by atoms with E-state index in [-0.39, 0.29) is 5.78 Å². The average Bonchev–Trinajstić information content (AvgIpc) is 3.62. The topological polar surface area (TPSA) is 82.3 Å². The molecule has 0 bridgehead atoms. The van der Waals surface area contributed by atoms with Crippen LogP contribution in [0.5, 0.6) is 0 Å². The van der Waals surface area contributed by atoms with Crippen LogP contribution in [0.15, 0.2) is 74.4 Å². The fraction of sp³-hybridized carbons (Fsp3) is 0.0769. The van der Waals surface area contributed by atoms with Crippen LogP contribution < -0.4 is 5.73 Å². The number of carbonyl (C=O) groups is 1. The quantitative estimate of drug-likeness (QED) is 0.255. The SMILES string of the molecule is Nc1c(C(=O)c2ccc(Br)cc2)sc2nc3c(c(-c4ccco4)c12)CCC3=Cc1ccco1. The molecule has 5 nitrogen and oxygen atoms in total. The number of hydrogen-bond donors (Lipinski definition) is 1. The van der Waals surface area contributed by atoms with Gasteiger partial charge < -0.3 is 14.6 Å². The Morgan fingerprint density at radius 1 is 1.06 bits per heavy atom. The van der Waals surface area contributed by atoms with Crippen LogP contribution in [0.2, 0.25) is 0 Å². The second kappa shape index (κ2) is 7.86. The van der Waals surface area contributed by atoms with E-state index >= 15 is 0 Å². The lowest BCUT2D eigenvalue weighted by Crippen LogP contribution is -2.02. The second-order valence-electron chi connectivity index (χ2n) is 7.84. The number of fused-ring (bicyclic) bond motifs is 2. The van der Waals surface area contributed by atoms with E-state index in [4.69, 9.17) is 19.6 Å². The van der Waals surface area contributed by atoms with Crippen molar-refractivity contribution in [2.45, 2.75) is 12.8 Å². The van der Waals surface area contributed by atoms with Crippen LogP contribution in [-0.2, 0) is 6.42 Å². The molecule has 0 unspecified atom stereocenters. The van der Waals surface area contributed by atoms with Gasteiger partial charge in [0.1, 0.15) is 21.2 Å². The molecule has 7 heteroatoms. The Kier molecular flexibility index (Phi) is 4.81. The average molecular weight is 517 g/mol. The second-order valence-corrected chi connectivity index (χ2v) is 9.75. The summed E-state index contributed by atoms with van der Waals surface area (Å²) in [4.78, 5) is 19.5. The molecule has 0 aliphatic heterocycles. The smallest absolute Gasteiger partial charge is 0.205 e. The molecule has 1 aromatic carbocycles. The van der Waals surface area contributed by atoms with E-state index in [1.165, 1.54) is 11.3 Å². The third-order valence-electron chi connectivity index (χ3n) is 5.87. The predicted octanol–water partition coefficient (Wildman–Crippen LogP) is 7.21. The van der Waals surface area contributed by atoms with Gasteiger partial charge in [-0.25, -0.2) is 4.98 Å². The molecule has 162 valence electrons. The van der Waals surface area contributed by atoms with Crippen LogP contribution in [0, 0.1) is 0 Å². The molecule has 2 N–H and O–H groups in total. The maximum absolute atomic E-state index is 13.3. The molecule has 0 amide bonds. The molecule has 6 rings (SSSR count). The Morgan fingerprint density at radius 3 is 2.58 bits per heavy atom. The van der Waals surface area contributed by atoms with E-state index in [2.05, 4.69) is 15.9 Å². The first-order valence-electron chi connectivity index (χ1n) is 10.4. The highest BCUT2D eigenvalue weighted by Gasteiger charge is 2.30. The number of thiophene rings is 1. The highest BCUT2D eigenvalue weighted by atomic mass is 79.9. The Bertz CT molecular complexity index is 1530. The normalized spacial score (nSPS) is 14.3. The lowest BCUT2D eigenvalue weighted by Gasteiger charge is -2.09. The fourth-order valence-corrected chi connectivity index (χ4v) is 5.69. The standard InChI is InChI=1S/C26H17BrN2O3S/c27-16-8-5-14(6-9-16)24(30)25-22(28)21-20(19-4-2-12-32-19)18-10-7-15(13-17-3-1-11-31-17)23(18)29-26(21)33-25/h1-6,8-9,11-13H,7,10,28H2. The first kappa shape index (κ1) is 20.2. The number of halogens is 1. The number of aromatic nitrogens is 1. The summed E-state index contributed by atoms with van der Waals surface area (Å²) in [6.07, 6.45) is 7.00. The van der Waals surface area contributed by atoms with Gasteiger partial charge in [0.2, 0.25) is 5.78 Å². The molecule has 4 heterocycles. The number of ketones is 1. The lowest BCUT2D eigenvalue weighted by atomic mass is 9.99. The summed E-state index contributed by atoms with van der Waals surface area (Å²) in [6, 6.07) is 14.9. The molecule has 0 saturated heterocycles. The molecule has 0 radical (unpaired) electrons. The Balaban J connectivity index is 1.58. The minimum atomic E-state index is -0.111. The van der Waals surface area contributed by atoms with E-state index in [0.717, 1.165) is 61.4 Å². The molecule has 1 aliphatic rings. The summed E-state index contributed by atoms with van der Waals surface area (Å²) >= 11 is 4.74. The third kappa shape index (κ3) is 3.35. The third-order valence-corrected chi connectivity index (χ3v) is 7.49. The van der Waals surface area contributed by atoms with Gasteiger partial charge in [0.25, 0.3) is 0 Å². The summed E-state index contributed by atoms with van der Waals surface area (Å²) in [7, 11) is 0. The minimum Gasteiger partial charge on any atom is -0.465 e. The predicted molar refractivity (Wildman–Crippen MR) is 134 cm³/mol. The van der Waals surface area contributed by atoms with E-state index in [9.17, 15) is 4.79 Å². The van der Waals surface area contributed by atoms with E-state index < -0.39 is 0 Å². The maximum Gasteiger partial charge on any atom is 0.205 e. The number of benzene rings is 1. The number of rotatable bonds is 4. The molecule has 0 saturated carbocycles. The summed E-state index contributed by atoms with van der Waals surface area (Å²) in [6.45, 7) is 0. The van der Waals surface area contributed by atoms with Crippen molar-refractivity contribution in [2.75, 3.05) is 5.73 Å². The number of pyridine rings is 1. The van der Waals surface area contributed by atoms with Crippen LogP contribution in [0.25, 0.3) is 33.2 Å². The van der Waals surface area contributed by atoms with Crippen molar-refractivity contribution in [2.24, 2.45) is 0 Å². The number of allylic oxidation sites excluding steroid dienone is 1. The van der Waals surface area contributed by atoms with Crippen LogP contribution in [0.3, 0.4) is 0 Å². The summed E-state index contributed by atoms with van der Waals surface area (Å²) in [5.41, 5.74) is 11.7. The molecule has 0 atom stereocenters. The van der Waals surface area contributed by atoms with Gasteiger partial charge in [-0.2, -0.15) is 0 Å². The zero-order chi connectivity index (χ0) is 22.5. The highest BCUT2D eigenvalue weighted by Crippen LogP contribution is 2.47. The van der Waals surface area contributed by atoms with Gasteiger partial charge in [0.05, 0.1) is 23.9 Å². The zero-order valence-corrected chi connectivity index (χ0v) is 19.7. The van der Waals surface area contributed by atoms with Crippen molar-refractivity contribution in [1.29, 1.82) is 0 Å². The number of furan rings is 2. The molecule has 0 fully saturated rings. The van der Waals surface area contributed by atoms with Crippen molar-refractivity contribution in [3.8, 4) is 11.3 Å². The number of nitrogens with two attached hydrogens (primary N) is 1. The first-order valence-corrected chi connectivity index (χ1v) is 12.0. The number of nitrogens with zero attached hydrogens (tertiary/aromatic N) is 1. The van der Waals surface area contributed by atoms with Crippen LogP contribution >= 0.6 is 27.3 Å². The fourth-order valence-electron chi connectivity index (χ4n) is 4.36. The molecule has 5 aromatic rings. The van der Waals surface area contributed by atoms with E-state index in [0.29, 0.717) is 16.1 Å². The van der Waals surface area contributed by atoms with Gasteiger partial charge in [-0.1, -0.05) is 15.9 Å². The Morgan fingerprint density at radius 2 is 1.85 bits per heavy atom. The van der Waals surface area contributed by atoms with Gasteiger partial charge in [0, 0.05) is 21.0 Å². The van der Waals surface area contributed by atoms with Crippen molar-refractivity contribution in [3.05, 3.63) is 93.0 Å². The van der Waals surface area contributed by atoms with Crippen LogP contribution in [0.1, 0.15) is 38.7 Å². The molecular formula is C26H17BrN2O3S. The molecular weight excluding hydrogens is 500 g/mol. The molecule has 1 aliphatic carbocycles. The largest absolute Gasteiger partial charge is 0.465 e. The Hall–Kier alpha value is -3.42. The van der Waals surface area contributed by atoms with Gasteiger partial charge in [-0.15, -0.1) is 11.3 Å². The van der Waals surface area contributed by atoms with Gasteiger partial charge in [-0.05, 0) is 78.6 Å². The van der Waals surface area contributed by atoms with Gasteiger partial charge in [-0.3, -0.25) is 4.79 Å². The monoisotopic (exact) mass is 516 g/mol. The van der Waals surface area contributed by atoms with E-state index in [1.54, 1.807) is 24.7 Å². The highest BCUT2D eigenvalue weighted by molar-refractivity contribution is 9.10. The molecule has 0 spiro atoms. The molecule has 4 aromatic heterocycles. The van der Waals surface area contributed by atoms with Crippen molar-refractivity contribution in [3.63, 3.8) is 0 Å². The van der Waals surface area contributed by atoms with Crippen molar-refractivity contribution < 1.29 is 13.6 Å². The number of hydrogen-bond acceptors (Lipinski definition) is 6.